The number of aromatic nitrogens is 5. The van der Waals surface area contributed by atoms with Crippen LogP contribution in [0.1, 0.15) is 33.9 Å². The molecule has 0 aliphatic heterocycles. The Hall–Kier alpha value is -4.11. The van der Waals surface area contributed by atoms with Gasteiger partial charge in [-0.3, -0.25) is 19.0 Å². The number of fused-ring (bicyclic) bond motifs is 1. The number of carbonyl (C=O) groups excluding carboxylic acids is 1. The Morgan fingerprint density at radius 1 is 1.08 bits per heavy atom. The molecule has 5 rings (SSSR count). The lowest BCUT2D eigenvalue weighted by Gasteiger charge is -2.09. The molecule has 0 unspecified atom stereocenters. The second-order valence-corrected chi connectivity index (χ2v) is 10.0. The minimum Gasteiger partial charge on any atom is -0.355 e. The van der Waals surface area contributed by atoms with E-state index in [1.165, 1.54) is 21.3 Å². The minimum atomic E-state index is -0.217. The number of nitrogens with zero attached hydrogens (tertiary/aromatic N) is 5. The number of pyridine rings is 1. The van der Waals surface area contributed by atoms with Crippen molar-refractivity contribution in [2.75, 3.05) is 6.54 Å². The van der Waals surface area contributed by atoms with Gasteiger partial charge < -0.3 is 5.32 Å². The van der Waals surface area contributed by atoms with E-state index in [-0.39, 0.29) is 17.9 Å². The van der Waals surface area contributed by atoms with Gasteiger partial charge in [-0.15, -0.1) is 11.3 Å². The van der Waals surface area contributed by atoms with E-state index in [9.17, 15) is 9.59 Å². The molecule has 1 N–H and O–H groups in total. The SMILES string of the molecule is Cc1ccc(-n2nc(-c3c(C)nc4scc(CC(=O)NCCc5ccccn5)n4c3=O)cc2C)c(C)c1. The summed E-state index contributed by atoms with van der Waals surface area (Å²) in [6, 6.07) is 13.8. The molecule has 1 amide bonds. The molecule has 0 saturated heterocycles. The lowest BCUT2D eigenvalue weighted by molar-refractivity contribution is -0.120. The largest absolute Gasteiger partial charge is 0.355 e. The number of hydrogen-bond acceptors (Lipinski definition) is 6. The van der Waals surface area contributed by atoms with E-state index in [1.54, 1.807) is 6.20 Å². The fourth-order valence-electron chi connectivity index (χ4n) is 4.51. The zero-order valence-electron chi connectivity index (χ0n) is 21.3. The summed E-state index contributed by atoms with van der Waals surface area (Å²) in [7, 11) is 0. The Labute approximate surface area is 218 Å². The molecule has 5 aromatic rings. The normalized spacial score (nSPS) is 11.2. The lowest BCUT2D eigenvalue weighted by Crippen LogP contribution is -2.29. The summed E-state index contributed by atoms with van der Waals surface area (Å²) in [5.41, 5.74) is 7.12. The molecular weight excluding hydrogens is 484 g/mol. The van der Waals surface area contributed by atoms with Crippen molar-refractivity contribution >= 4 is 22.2 Å². The molecule has 0 saturated carbocycles. The van der Waals surface area contributed by atoms with E-state index in [0.717, 1.165) is 22.6 Å². The van der Waals surface area contributed by atoms with Crippen molar-refractivity contribution < 1.29 is 4.79 Å². The van der Waals surface area contributed by atoms with E-state index in [2.05, 4.69) is 41.3 Å². The summed E-state index contributed by atoms with van der Waals surface area (Å²) >= 11 is 1.35. The average Bonchev–Trinajstić information content (AvgIpc) is 3.43. The van der Waals surface area contributed by atoms with Crippen LogP contribution in [0, 0.1) is 27.7 Å². The third-order valence-corrected chi connectivity index (χ3v) is 7.19. The van der Waals surface area contributed by atoms with Crippen LogP contribution in [0.15, 0.2) is 58.8 Å². The fraction of sp³-hybridized carbons (Fsp3) is 0.250. The van der Waals surface area contributed by atoms with Gasteiger partial charge >= 0.3 is 0 Å². The number of aryl methyl sites for hydroxylation is 4. The molecule has 0 fully saturated rings. The highest BCUT2D eigenvalue weighted by Gasteiger charge is 2.20. The van der Waals surface area contributed by atoms with Crippen LogP contribution in [0.5, 0.6) is 0 Å². The van der Waals surface area contributed by atoms with Crippen LogP contribution in [0.3, 0.4) is 0 Å². The summed E-state index contributed by atoms with van der Waals surface area (Å²) < 4.78 is 3.40. The fourth-order valence-corrected chi connectivity index (χ4v) is 5.44. The maximum atomic E-state index is 13.7. The van der Waals surface area contributed by atoms with Crippen LogP contribution in [-0.4, -0.2) is 36.6 Å². The number of thiazole rings is 1. The molecule has 4 aromatic heterocycles. The monoisotopic (exact) mass is 512 g/mol. The first-order chi connectivity index (χ1) is 17.8. The third kappa shape index (κ3) is 4.95. The molecule has 1 aromatic carbocycles. The van der Waals surface area contributed by atoms with Crippen LogP contribution in [-0.2, 0) is 17.6 Å². The number of amides is 1. The predicted molar refractivity (Wildman–Crippen MR) is 145 cm³/mol. The lowest BCUT2D eigenvalue weighted by atomic mass is 10.1. The predicted octanol–water partition coefficient (Wildman–Crippen LogP) is 4.14. The summed E-state index contributed by atoms with van der Waals surface area (Å²) in [6.07, 6.45) is 2.47. The highest BCUT2D eigenvalue weighted by Crippen LogP contribution is 2.25. The van der Waals surface area contributed by atoms with Gasteiger partial charge in [0.05, 0.1) is 23.4 Å². The van der Waals surface area contributed by atoms with E-state index in [0.29, 0.717) is 40.6 Å². The van der Waals surface area contributed by atoms with Gasteiger partial charge in [0.1, 0.15) is 5.69 Å². The van der Waals surface area contributed by atoms with E-state index in [1.807, 2.05) is 54.2 Å². The number of nitrogens with one attached hydrogen (secondary N) is 1. The van der Waals surface area contributed by atoms with Crippen molar-refractivity contribution in [3.63, 3.8) is 0 Å². The number of hydrogen-bond donors (Lipinski definition) is 1. The van der Waals surface area contributed by atoms with Crippen molar-refractivity contribution in [2.24, 2.45) is 0 Å². The molecule has 0 bridgehead atoms. The third-order valence-electron chi connectivity index (χ3n) is 6.32. The van der Waals surface area contributed by atoms with Crippen molar-refractivity contribution in [3.05, 3.63) is 98.3 Å². The average molecular weight is 513 g/mol. The van der Waals surface area contributed by atoms with E-state index < -0.39 is 0 Å². The minimum absolute atomic E-state index is 0.0857. The van der Waals surface area contributed by atoms with E-state index in [4.69, 9.17) is 5.10 Å². The number of carbonyl (C=O) groups is 1. The zero-order chi connectivity index (χ0) is 26.1. The quantitative estimate of drug-likeness (QED) is 0.354. The topological polar surface area (TPSA) is 94.2 Å². The van der Waals surface area contributed by atoms with Crippen LogP contribution in [0.25, 0.3) is 21.9 Å². The molecule has 0 spiro atoms. The molecule has 37 heavy (non-hydrogen) atoms. The standard InChI is InChI=1S/C28H28N6O2S/c1-17-8-9-24(18(2)13-17)34-19(3)14-23(32-34)26-20(4)31-28-33(27(26)36)22(16-37-28)15-25(35)30-12-10-21-7-5-6-11-29-21/h5-9,11,13-14,16H,10,12,15H2,1-4H3,(H,30,35). The van der Waals surface area contributed by atoms with Gasteiger partial charge in [0.15, 0.2) is 4.96 Å². The van der Waals surface area contributed by atoms with Crippen molar-refractivity contribution in [1.82, 2.24) is 29.5 Å². The molecule has 0 aliphatic rings. The second-order valence-electron chi connectivity index (χ2n) is 9.19. The van der Waals surface area contributed by atoms with Crippen LogP contribution < -0.4 is 10.9 Å². The van der Waals surface area contributed by atoms with Crippen LogP contribution in [0.2, 0.25) is 0 Å². The Morgan fingerprint density at radius 2 is 1.92 bits per heavy atom. The van der Waals surface area contributed by atoms with Gasteiger partial charge in [-0.25, -0.2) is 9.67 Å². The number of rotatable bonds is 7. The van der Waals surface area contributed by atoms with Gasteiger partial charge in [-0.2, -0.15) is 5.10 Å². The number of benzene rings is 1. The first kappa shape index (κ1) is 24.6. The maximum absolute atomic E-state index is 13.7. The highest BCUT2D eigenvalue weighted by atomic mass is 32.1. The zero-order valence-corrected chi connectivity index (χ0v) is 22.1. The van der Waals surface area contributed by atoms with E-state index >= 15 is 0 Å². The molecule has 8 nitrogen and oxygen atoms in total. The maximum Gasteiger partial charge on any atom is 0.268 e. The first-order valence-corrected chi connectivity index (χ1v) is 13.0. The Balaban J connectivity index is 1.43. The Bertz CT molecular complexity index is 1670. The molecular formula is C28H28N6O2S. The second kappa shape index (κ2) is 10.1. The summed E-state index contributed by atoms with van der Waals surface area (Å²) in [4.78, 5) is 35.9. The molecule has 0 aliphatic carbocycles. The van der Waals surface area contributed by atoms with Crippen LogP contribution >= 0.6 is 11.3 Å². The molecule has 0 atom stereocenters. The van der Waals surface area contributed by atoms with Crippen LogP contribution in [0.4, 0.5) is 0 Å². The molecule has 0 radical (unpaired) electrons. The van der Waals surface area contributed by atoms with Gasteiger partial charge in [-0.1, -0.05) is 23.8 Å². The van der Waals surface area contributed by atoms with Crippen molar-refractivity contribution in [1.29, 1.82) is 0 Å². The summed E-state index contributed by atoms with van der Waals surface area (Å²) in [6.45, 7) is 8.38. The van der Waals surface area contributed by atoms with Crippen molar-refractivity contribution in [3.8, 4) is 16.9 Å². The van der Waals surface area contributed by atoms with Gasteiger partial charge in [-0.05, 0) is 57.5 Å². The first-order valence-electron chi connectivity index (χ1n) is 12.1. The summed E-state index contributed by atoms with van der Waals surface area (Å²) in [5, 5.41) is 9.54. The molecule has 4 heterocycles. The van der Waals surface area contributed by atoms with Gasteiger partial charge in [0.25, 0.3) is 5.56 Å². The summed E-state index contributed by atoms with van der Waals surface area (Å²) in [5.74, 6) is -0.153. The van der Waals surface area contributed by atoms with Gasteiger partial charge in [0.2, 0.25) is 5.91 Å². The highest BCUT2D eigenvalue weighted by molar-refractivity contribution is 7.15. The smallest absolute Gasteiger partial charge is 0.268 e. The molecule has 9 heteroatoms. The molecule has 188 valence electrons. The Morgan fingerprint density at radius 3 is 2.68 bits per heavy atom. The van der Waals surface area contributed by atoms with Gasteiger partial charge in [0, 0.05) is 41.6 Å². The Kier molecular flexibility index (Phi) is 6.71. The van der Waals surface area contributed by atoms with Crippen molar-refractivity contribution in [2.45, 2.75) is 40.5 Å².